The Morgan fingerprint density at radius 1 is 1.50 bits per heavy atom. The summed E-state index contributed by atoms with van der Waals surface area (Å²) in [6.07, 6.45) is 5.02. The fourth-order valence-electron chi connectivity index (χ4n) is 2.23. The largest absolute Gasteiger partial charge is 0.382 e. The molecule has 0 spiro atoms. The van der Waals surface area contributed by atoms with Gasteiger partial charge in [-0.15, -0.1) is 0 Å². The topological polar surface area (TPSA) is 55.2 Å². The predicted molar refractivity (Wildman–Crippen MR) is 72.9 cm³/mol. The number of aryl methyl sites for hydroxylation is 1. The molecule has 0 radical (unpaired) electrons. The molecule has 0 bridgehead atoms. The first kappa shape index (κ1) is 12.9. The van der Waals surface area contributed by atoms with Crippen LogP contribution in [0.2, 0.25) is 0 Å². The van der Waals surface area contributed by atoms with E-state index in [2.05, 4.69) is 12.2 Å². The molecule has 0 amide bonds. The zero-order valence-electron chi connectivity index (χ0n) is 11.0. The van der Waals surface area contributed by atoms with E-state index in [9.17, 15) is 10.1 Å². The first-order valence-corrected chi connectivity index (χ1v) is 6.61. The van der Waals surface area contributed by atoms with Gasteiger partial charge in [-0.25, -0.2) is 0 Å². The average Bonchev–Trinajstić information content (AvgIpc) is 3.14. The highest BCUT2D eigenvalue weighted by Crippen LogP contribution is 2.35. The molecular weight excluding hydrogens is 228 g/mol. The Morgan fingerprint density at radius 2 is 2.22 bits per heavy atom. The molecule has 1 aromatic carbocycles. The fraction of sp³-hybridized carbons (Fsp3) is 0.571. The van der Waals surface area contributed by atoms with Crippen molar-refractivity contribution in [1.82, 2.24) is 0 Å². The predicted octanol–water partition coefficient (Wildman–Crippen LogP) is 3.89. The third kappa shape index (κ3) is 3.22. The molecule has 0 heterocycles. The Bertz CT molecular complexity index is 441. The zero-order valence-corrected chi connectivity index (χ0v) is 11.0. The molecule has 1 fully saturated rings. The summed E-state index contributed by atoms with van der Waals surface area (Å²) in [5.74, 6) is 0.890. The number of nitrogens with one attached hydrogen (secondary N) is 1. The highest BCUT2D eigenvalue weighted by molar-refractivity contribution is 5.55. The second-order valence-electron chi connectivity index (χ2n) is 5.18. The van der Waals surface area contributed by atoms with E-state index in [1.54, 1.807) is 12.1 Å². The van der Waals surface area contributed by atoms with Crippen molar-refractivity contribution in [1.29, 1.82) is 0 Å². The SMILES string of the molecule is CCC(CC1CC1)Nc1ccc([N+](=O)[O-])cc1C. The molecule has 0 aliphatic heterocycles. The number of hydrogen-bond acceptors (Lipinski definition) is 3. The van der Waals surface area contributed by atoms with Gasteiger partial charge in [0.2, 0.25) is 0 Å². The van der Waals surface area contributed by atoms with Gasteiger partial charge in [0.25, 0.3) is 5.69 Å². The molecule has 2 rings (SSSR count). The van der Waals surface area contributed by atoms with Crippen molar-refractivity contribution in [2.24, 2.45) is 5.92 Å². The summed E-state index contributed by atoms with van der Waals surface area (Å²) in [4.78, 5) is 10.3. The van der Waals surface area contributed by atoms with Gasteiger partial charge in [0.05, 0.1) is 4.92 Å². The molecule has 0 aromatic heterocycles. The van der Waals surface area contributed by atoms with Crippen LogP contribution in [-0.4, -0.2) is 11.0 Å². The number of hydrogen-bond donors (Lipinski definition) is 1. The van der Waals surface area contributed by atoms with E-state index >= 15 is 0 Å². The van der Waals surface area contributed by atoms with Gasteiger partial charge in [-0.2, -0.15) is 0 Å². The number of nitrogens with zero attached hydrogens (tertiary/aromatic N) is 1. The molecule has 1 aromatic rings. The van der Waals surface area contributed by atoms with Crippen LogP contribution in [0.1, 0.15) is 38.2 Å². The second-order valence-corrected chi connectivity index (χ2v) is 5.18. The lowest BCUT2D eigenvalue weighted by atomic mass is 10.1. The molecule has 18 heavy (non-hydrogen) atoms. The lowest BCUT2D eigenvalue weighted by Gasteiger charge is -2.19. The van der Waals surface area contributed by atoms with Gasteiger partial charge < -0.3 is 5.32 Å². The molecule has 1 saturated carbocycles. The van der Waals surface area contributed by atoms with E-state index in [1.807, 2.05) is 13.0 Å². The van der Waals surface area contributed by atoms with Gasteiger partial charge in [-0.3, -0.25) is 10.1 Å². The maximum absolute atomic E-state index is 10.7. The van der Waals surface area contributed by atoms with Crippen LogP contribution in [0.5, 0.6) is 0 Å². The minimum Gasteiger partial charge on any atom is -0.382 e. The minimum absolute atomic E-state index is 0.160. The standard InChI is InChI=1S/C14H20N2O2/c1-3-12(9-11-4-5-11)15-14-7-6-13(16(17)18)8-10(14)2/h6-8,11-12,15H,3-5,9H2,1-2H3. The summed E-state index contributed by atoms with van der Waals surface area (Å²) < 4.78 is 0. The molecule has 1 aliphatic rings. The van der Waals surface area contributed by atoms with Crippen molar-refractivity contribution in [2.75, 3.05) is 5.32 Å². The van der Waals surface area contributed by atoms with E-state index in [0.717, 1.165) is 23.6 Å². The minimum atomic E-state index is -0.349. The van der Waals surface area contributed by atoms with Gasteiger partial charge in [0, 0.05) is 23.9 Å². The van der Waals surface area contributed by atoms with Crippen LogP contribution in [0.4, 0.5) is 11.4 Å². The smallest absolute Gasteiger partial charge is 0.269 e. The number of nitro groups is 1. The van der Waals surface area contributed by atoms with E-state index in [-0.39, 0.29) is 10.6 Å². The monoisotopic (exact) mass is 248 g/mol. The second kappa shape index (κ2) is 5.38. The Balaban J connectivity index is 2.05. The first-order chi connectivity index (χ1) is 8.60. The molecule has 4 heteroatoms. The van der Waals surface area contributed by atoms with Crippen LogP contribution in [0.25, 0.3) is 0 Å². The zero-order chi connectivity index (χ0) is 13.1. The third-order valence-corrected chi connectivity index (χ3v) is 3.59. The van der Waals surface area contributed by atoms with Crippen LogP contribution in [0, 0.1) is 23.0 Å². The molecule has 0 saturated heterocycles. The lowest BCUT2D eigenvalue weighted by molar-refractivity contribution is -0.384. The molecule has 1 atom stereocenters. The number of anilines is 1. The Hall–Kier alpha value is -1.58. The van der Waals surface area contributed by atoms with Gasteiger partial charge >= 0.3 is 0 Å². The number of non-ortho nitro benzene ring substituents is 1. The highest BCUT2D eigenvalue weighted by atomic mass is 16.6. The first-order valence-electron chi connectivity index (χ1n) is 6.61. The summed E-state index contributed by atoms with van der Waals surface area (Å²) in [6.45, 7) is 4.10. The quantitative estimate of drug-likeness (QED) is 0.613. The Morgan fingerprint density at radius 3 is 2.72 bits per heavy atom. The average molecular weight is 248 g/mol. The molecule has 4 nitrogen and oxygen atoms in total. The van der Waals surface area contributed by atoms with Gasteiger partial charge in [-0.1, -0.05) is 19.8 Å². The van der Waals surface area contributed by atoms with Crippen molar-refractivity contribution < 1.29 is 4.92 Å². The summed E-state index contributed by atoms with van der Waals surface area (Å²) in [5, 5.41) is 14.2. The van der Waals surface area contributed by atoms with Crippen LogP contribution < -0.4 is 5.32 Å². The normalized spacial score (nSPS) is 16.3. The van der Waals surface area contributed by atoms with Gasteiger partial charge in [0.15, 0.2) is 0 Å². The van der Waals surface area contributed by atoms with Crippen molar-refractivity contribution in [3.05, 3.63) is 33.9 Å². The molecule has 98 valence electrons. The van der Waals surface area contributed by atoms with Gasteiger partial charge in [0.1, 0.15) is 0 Å². The summed E-state index contributed by atoms with van der Waals surface area (Å²) in [5.41, 5.74) is 2.12. The van der Waals surface area contributed by atoms with Crippen LogP contribution in [0.3, 0.4) is 0 Å². The highest BCUT2D eigenvalue weighted by Gasteiger charge is 2.24. The summed E-state index contributed by atoms with van der Waals surface area (Å²) >= 11 is 0. The number of benzene rings is 1. The van der Waals surface area contributed by atoms with Crippen LogP contribution >= 0.6 is 0 Å². The van der Waals surface area contributed by atoms with E-state index in [1.165, 1.54) is 19.3 Å². The maximum atomic E-state index is 10.7. The molecular formula is C14H20N2O2. The Kier molecular flexibility index (Phi) is 3.84. The Labute approximate surface area is 108 Å². The van der Waals surface area contributed by atoms with E-state index in [4.69, 9.17) is 0 Å². The van der Waals surface area contributed by atoms with Gasteiger partial charge in [-0.05, 0) is 37.3 Å². The molecule has 1 aliphatic carbocycles. The summed E-state index contributed by atoms with van der Waals surface area (Å²) in [7, 11) is 0. The fourth-order valence-corrected chi connectivity index (χ4v) is 2.23. The third-order valence-electron chi connectivity index (χ3n) is 3.59. The number of rotatable bonds is 6. The van der Waals surface area contributed by atoms with Crippen LogP contribution in [0.15, 0.2) is 18.2 Å². The van der Waals surface area contributed by atoms with Crippen LogP contribution in [-0.2, 0) is 0 Å². The van der Waals surface area contributed by atoms with Crippen molar-refractivity contribution in [3.8, 4) is 0 Å². The van der Waals surface area contributed by atoms with Crippen molar-refractivity contribution in [2.45, 2.75) is 45.6 Å². The lowest BCUT2D eigenvalue weighted by Crippen LogP contribution is -2.19. The molecule has 1 unspecified atom stereocenters. The summed E-state index contributed by atoms with van der Waals surface area (Å²) in [6, 6.07) is 5.51. The van der Waals surface area contributed by atoms with Crippen molar-refractivity contribution >= 4 is 11.4 Å². The number of nitro benzene ring substituents is 1. The van der Waals surface area contributed by atoms with Crippen molar-refractivity contribution in [3.63, 3.8) is 0 Å². The van der Waals surface area contributed by atoms with E-state index in [0.29, 0.717) is 6.04 Å². The van der Waals surface area contributed by atoms with E-state index < -0.39 is 0 Å². The maximum Gasteiger partial charge on any atom is 0.269 e. The molecule has 1 N–H and O–H groups in total.